The van der Waals surface area contributed by atoms with Gasteiger partial charge in [0.15, 0.2) is 0 Å². The van der Waals surface area contributed by atoms with E-state index in [2.05, 4.69) is 4.98 Å². The summed E-state index contributed by atoms with van der Waals surface area (Å²) in [5, 5.41) is 0. The highest BCUT2D eigenvalue weighted by Gasteiger charge is 2.43. The van der Waals surface area contributed by atoms with Gasteiger partial charge in [0.05, 0.1) is 5.41 Å². The number of anilines is 1. The molecule has 0 bridgehead atoms. The summed E-state index contributed by atoms with van der Waals surface area (Å²) in [7, 11) is 0. The van der Waals surface area contributed by atoms with Crippen LogP contribution >= 0.6 is 0 Å². The molecule has 1 unspecified atom stereocenters. The second kappa shape index (κ2) is 4.93. The van der Waals surface area contributed by atoms with Crippen LogP contribution in [0.4, 0.5) is 5.69 Å². The van der Waals surface area contributed by atoms with E-state index in [4.69, 9.17) is 0 Å². The number of amides is 1. The molecule has 0 radical (unpaired) electrons. The van der Waals surface area contributed by atoms with Gasteiger partial charge in [-0.15, -0.1) is 0 Å². The first kappa shape index (κ1) is 12.6. The highest BCUT2D eigenvalue weighted by molar-refractivity contribution is 6.06. The summed E-state index contributed by atoms with van der Waals surface area (Å²) in [4.78, 5) is 18.8. The molecule has 1 aromatic heterocycles. The molecule has 1 aromatic carbocycles. The van der Waals surface area contributed by atoms with Crippen LogP contribution in [0, 0.1) is 0 Å². The summed E-state index contributed by atoms with van der Waals surface area (Å²) in [6.45, 7) is 2.03. The highest BCUT2D eigenvalue weighted by Crippen LogP contribution is 2.37. The summed E-state index contributed by atoms with van der Waals surface area (Å²) < 4.78 is 0. The van der Waals surface area contributed by atoms with E-state index >= 15 is 0 Å². The molecule has 1 amide bonds. The molecule has 3 nitrogen and oxygen atoms in total. The average molecular weight is 264 g/mol. The van der Waals surface area contributed by atoms with Gasteiger partial charge in [-0.05, 0) is 36.3 Å². The lowest BCUT2D eigenvalue weighted by Gasteiger charge is -2.26. The van der Waals surface area contributed by atoms with E-state index in [9.17, 15) is 4.79 Å². The van der Waals surface area contributed by atoms with Crippen LogP contribution in [0.3, 0.4) is 0 Å². The Morgan fingerprint density at radius 2 is 1.95 bits per heavy atom. The third kappa shape index (κ3) is 1.83. The molecule has 1 atom stereocenters. The minimum absolute atomic E-state index is 0.0826. The molecule has 20 heavy (non-hydrogen) atoms. The predicted octanol–water partition coefficient (Wildman–Crippen LogP) is 3.29. The lowest BCUT2D eigenvalue weighted by atomic mass is 9.79. The molecule has 0 saturated carbocycles. The van der Waals surface area contributed by atoms with Gasteiger partial charge in [0, 0.05) is 24.3 Å². The lowest BCUT2D eigenvalue weighted by molar-refractivity contribution is -0.121. The maximum absolute atomic E-state index is 12.9. The second-order valence-electron chi connectivity index (χ2n) is 4.89. The van der Waals surface area contributed by atoms with Crippen molar-refractivity contribution in [2.75, 3.05) is 4.90 Å². The van der Waals surface area contributed by atoms with E-state index in [0.29, 0.717) is 0 Å². The molecule has 3 heteroatoms. The summed E-state index contributed by atoms with van der Waals surface area (Å²) in [5.41, 5.74) is 1.25. The zero-order valence-electron chi connectivity index (χ0n) is 11.4. The summed E-state index contributed by atoms with van der Waals surface area (Å²) >= 11 is 0. The number of hydrogen-bond acceptors (Lipinski definition) is 2. The van der Waals surface area contributed by atoms with Crippen molar-refractivity contribution in [3.63, 3.8) is 0 Å². The first-order chi connectivity index (χ1) is 9.78. The maximum atomic E-state index is 12.9. The quantitative estimate of drug-likeness (QED) is 0.852. The van der Waals surface area contributed by atoms with Crippen LogP contribution in [-0.4, -0.2) is 10.9 Å². The molecular formula is C17H16N2O. The Bertz CT molecular complexity index is 637. The van der Waals surface area contributed by atoms with E-state index in [1.807, 2.05) is 61.7 Å². The predicted molar refractivity (Wildman–Crippen MR) is 79.3 cm³/mol. The van der Waals surface area contributed by atoms with Gasteiger partial charge in [0.1, 0.15) is 0 Å². The summed E-state index contributed by atoms with van der Waals surface area (Å²) in [5.74, 6) is 0.0826. The van der Waals surface area contributed by atoms with E-state index in [1.54, 1.807) is 17.3 Å². The van der Waals surface area contributed by atoms with E-state index < -0.39 is 5.41 Å². The Kier molecular flexibility index (Phi) is 3.11. The van der Waals surface area contributed by atoms with Crippen LogP contribution in [0.15, 0.2) is 67.1 Å². The third-order valence-electron chi connectivity index (χ3n) is 3.88. The number of benzene rings is 1. The minimum Gasteiger partial charge on any atom is -0.287 e. The normalized spacial score (nSPS) is 21.4. The van der Waals surface area contributed by atoms with Crippen molar-refractivity contribution in [2.45, 2.75) is 18.8 Å². The number of hydrogen-bond donors (Lipinski definition) is 0. The zero-order valence-corrected chi connectivity index (χ0v) is 11.4. The number of para-hydroxylation sites is 1. The first-order valence-corrected chi connectivity index (χ1v) is 6.76. The largest absolute Gasteiger partial charge is 0.287 e. The number of carbonyl (C=O) groups is 1. The van der Waals surface area contributed by atoms with Crippen molar-refractivity contribution in [3.05, 3.63) is 72.7 Å². The van der Waals surface area contributed by atoms with Crippen LogP contribution in [0.2, 0.25) is 0 Å². The summed E-state index contributed by atoms with van der Waals surface area (Å²) in [6.07, 6.45) is 8.08. The van der Waals surface area contributed by atoms with Gasteiger partial charge in [-0.25, -0.2) is 0 Å². The standard InChI is InChI=1S/C17H16N2O/c1-2-17(14-7-6-11-18-13-14)10-12-19(16(17)20)15-8-4-3-5-9-15/h3-13H,2H2,1H3. The molecule has 1 aliphatic rings. The summed E-state index contributed by atoms with van der Waals surface area (Å²) in [6, 6.07) is 13.5. The van der Waals surface area contributed by atoms with E-state index in [1.165, 1.54) is 0 Å². The molecule has 2 heterocycles. The number of nitrogens with zero attached hydrogens (tertiary/aromatic N) is 2. The Hall–Kier alpha value is -2.42. The Labute approximate surface area is 118 Å². The maximum Gasteiger partial charge on any atom is 0.245 e. The van der Waals surface area contributed by atoms with Gasteiger partial charge >= 0.3 is 0 Å². The highest BCUT2D eigenvalue weighted by atomic mass is 16.2. The molecule has 0 spiro atoms. The number of rotatable bonds is 3. The SMILES string of the molecule is CCC1(c2cccnc2)C=CN(c2ccccc2)C1=O. The molecule has 0 aliphatic carbocycles. The van der Waals surface area contributed by atoms with Crippen molar-refractivity contribution in [1.82, 2.24) is 4.98 Å². The third-order valence-corrected chi connectivity index (χ3v) is 3.88. The zero-order chi connectivity index (χ0) is 14.0. The van der Waals surface area contributed by atoms with Gasteiger partial charge in [0.2, 0.25) is 5.91 Å². The Morgan fingerprint density at radius 3 is 2.60 bits per heavy atom. The van der Waals surface area contributed by atoms with Crippen LogP contribution < -0.4 is 4.90 Å². The fourth-order valence-corrected chi connectivity index (χ4v) is 2.67. The van der Waals surface area contributed by atoms with Gasteiger partial charge in [-0.2, -0.15) is 0 Å². The topological polar surface area (TPSA) is 33.2 Å². The van der Waals surface area contributed by atoms with Crippen LogP contribution in [0.5, 0.6) is 0 Å². The lowest BCUT2D eigenvalue weighted by Crippen LogP contribution is -2.38. The van der Waals surface area contributed by atoms with Crippen LogP contribution in [0.25, 0.3) is 0 Å². The van der Waals surface area contributed by atoms with Crippen molar-refractivity contribution in [1.29, 1.82) is 0 Å². The fourth-order valence-electron chi connectivity index (χ4n) is 2.67. The molecule has 3 rings (SSSR count). The Morgan fingerprint density at radius 1 is 1.15 bits per heavy atom. The molecule has 2 aromatic rings. The molecule has 0 fully saturated rings. The van der Waals surface area contributed by atoms with Gasteiger partial charge in [-0.1, -0.05) is 31.2 Å². The molecule has 0 saturated heterocycles. The van der Waals surface area contributed by atoms with Crippen LogP contribution in [-0.2, 0) is 10.2 Å². The molecule has 100 valence electrons. The van der Waals surface area contributed by atoms with Crippen molar-refractivity contribution >= 4 is 11.6 Å². The monoisotopic (exact) mass is 264 g/mol. The second-order valence-corrected chi connectivity index (χ2v) is 4.89. The smallest absolute Gasteiger partial charge is 0.245 e. The van der Waals surface area contributed by atoms with Gasteiger partial charge in [-0.3, -0.25) is 14.7 Å². The average Bonchev–Trinajstić information content (AvgIpc) is 2.87. The fraction of sp³-hybridized carbons (Fsp3) is 0.176. The van der Waals surface area contributed by atoms with Crippen LogP contribution in [0.1, 0.15) is 18.9 Å². The number of carbonyl (C=O) groups excluding carboxylic acids is 1. The molecule has 1 aliphatic heterocycles. The molecular weight excluding hydrogens is 248 g/mol. The first-order valence-electron chi connectivity index (χ1n) is 6.76. The van der Waals surface area contributed by atoms with E-state index in [-0.39, 0.29) is 5.91 Å². The van der Waals surface area contributed by atoms with E-state index in [0.717, 1.165) is 17.7 Å². The number of aromatic nitrogens is 1. The van der Waals surface area contributed by atoms with Gasteiger partial charge in [0.25, 0.3) is 0 Å². The Balaban J connectivity index is 2.01. The number of pyridine rings is 1. The molecule has 0 N–H and O–H groups in total. The van der Waals surface area contributed by atoms with Crippen molar-refractivity contribution in [3.8, 4) is 0 Å². The van der Waals surface area contributed by atoms with Crippen molar-refractivity contribution in [2.24, 2.45) is 0 Å². The van der Waals surface area contributed by atoms with Gasteiger partial charge < -0.3 is 0 Å². The van der Waals surface area contributed by atoms with Crippen molar-refractivity contribution < 1.29 is 4.79 Å². The minimum atomic E-state index is -0.593.